The average Bonchev–Trinajstić information content (AvgIpc) is 2.64. The molecular weight excluding hydrogens is 288 g/mol. The molecule has 2 aliphatic rings. The summed E-state index contributed by atoms with van der Waals surface area (Å²) in [5.41, 5.74) is 0. The summed E-state index contributed by atoms with van der Waals surface area (Å²) in [5.74, 6) is 3.84. The number of hydrogen-bond acceptors (Lipinski definition) is 0. The van der Waals surface area contributed by atoms with Crippen molar-refractivity contribution in [2.45, 2.75) is 90.4 Å². The highest BCUT2D eigenvalue weighted by molar-refractivity contribution is 4.92. The highest BCUT2D eigenvalue weighted by Gasteiger charge is 2.20. The standard InChI is InChI=1S/C24H40/c1-3-5-9-21-13-17-23(18-14-21)11-7-8-12-24-19-15-22(16-20-24)10-6-4-2/h3-4,6-7,11,21-24H,1,5,8-10,12-20H2,2H3/b6-4-,11-7+/t21-,22-,23-,24-. The molecular formula is C24H40. The summed E-state index contributed by atoms with van der Waals surface area (Å²) in [6.45, 7) is 6.00. The lowest BCUT2D eigenvalue weighted by molar-refractivity contribution is 0.265. The largest absolute Gasteiger partial charge is 0.103 e. The first-order valence-electron chi connectivity index (χ1n) is 10.7. The Morgan fingerprint density at radius 2 is 1.33 bits per heavy atom. The average molecular weight is 329 g/mol. The molecule has 2 saturated carbocycles. The first-order chi connectivity index (χ1) is 11.8. The van der Waals surface area contributed by atoms with Gasteiger partial charge in [-0.1, -0.05) is 43.2 Å². The third kappa shape index (κ3) is 7.41. The van der Waals surface area contributed by atoms with Crippen molar-refractivity contribution in [3.05, 3.63) is 37.0 Å². The van der Waals surface area contributed by atoms with Crippen LogP contribution in [0.15, 0.2) is 37.0 Å². The highest BCUT2D eigenvalue weighted by Crippen LogP contribution is 2.34. The van der Waals surface area contributed by atoms with Crippen molar-refractivity contribution in [2.24, 2.45) is 23.7 Å². The molecule has 2 fully saturated rings. The Labute approximate surface area is 151 Å². The summed E-state index contributed by atoms with van der Waals surface area (Å²) >= 11 is 0. The lowest BCUT2D eigenvalue weighted by Gasteiger charge is -2.28. The van der Waals surface area contributed by atoms with Crippen molar-refractivity contribution < 1.29 is 0 Å². The minimum Gasteiger partial charge on any atom is -0.103 e. The second kappa shape index (κ2) is 11.7. The molecule has 0 spiro atoms. The molecule has 0 saturated heterocycles. The molecule has 24 heavy (non-hydrogen) atoms. The van der Waals surface area contributed by atoms with E-state index < -0.39 is 0 Å². The first-order valence-corrected chi connectivity index (χ1v) is 10.7. The predicted octanol–water partition coefficient (Wildman–Crippen LogP) is 7.87. The number of allylic oxidation sites excluding steroid dienone is 5. The monoisotopic (exact) mass is 328 g/mol. The van der Waals surface area contributed by atoms with Gasteiger partial charge in [-0.3, -0.25) is 0 Å². The Kier molecular flexibility index (Phi) is 9.54. The van der Waals surface area contributed by atoms with Gasteiger partial charge < -0.3 is 0 Å². The van der Waals surface area contributed by atoms with Gasteiger partial charge in [-0.25, -0.2) is 0 Å². The van der Waals surface area contributed by atoms with Crippen LogP contribution >= 0.6 is 0 Å². The molecule has 0 amide bonds. The van der Waals surface area contributed by atoms with Gasteiger partial charge in [0.25, 0.3) is 0 Å². The summed E-state index contributed by atoms with van der Waals surface area (Å²) < 4.78 is 0. The number of hydrogen-bond donors (Lipinski definition) is 0. The molecule has 0 heterocycles. The van der Waals surface area contributed by atoms with Crippen molar-refractivity contribution >= 4 is 0 Å². The van der Waals surface area contributed by atoms with E-state index in [2.05, 4.69) is 43.9 Å². The van der Waals surface area contributed by atoms with Crippen LogP contribution < -0.4 is 0 Å². The van der Waals surface area contributed by atoms with Gasteiger partial charge >= 0.3 is 0 Å². The van der Waals surface area contributed by atoms with Gasteiger partial charge in [0.15, 0.2) is 0 Å². The van der Waals surface area contributed by atoms with Crippen molar-refractivity contribution in [2.75, 3.05) is 0 Å². The Morgan fingerprint density at radius 1 is 0.750 bits per heavy atom. The van der Waals surface area contributed by atoms with E-state index in [9.17, 15) is 0 Å². The maximum absolute atomic E-state index is 3.85. The summed E-state index contributed by atoms with van der Waals surface area (Å²) in [7, 11) is 0. The zero-order valence-electron chi connectivity index (χ0n) is 16.1. The van der Waals surface area contributed by atoms with Crippen LogP contribution in [0.5, 0.6) is 0 Å². The maximum atomic E-state index is 3.85. The van der Waals surface area contributed by atoms with Crippen molar-refractivity contribution in [3.63, 3.8) is 0 Å². The lowest BCUT2D eigenvalue weighted by Crippen LogP contribution is -2.14. The van der Waals surface area contributed by atoms with Crippen molar-refractivity contribution in [3.8, 4) is 0 Å². The van der Waals surface area contributed by atoms with Crippen LogP contribution in [0.25, 0.3) is 0 Å². The molecule has 2 rings (SSSR count). The normalized spacial score (nSPS) is 31.7. The van der Waals surface area contributed by atoms with Crippen LogP contribution in [0, 0.1) is 23.7 Å². The molecule has 0 aromatic heterocycles. The minimum absolute atomic E-state index is 0.876. The van der Waals surface area contributed by atoms with Gasteiger partial charge in [0.2, 0.25) is 0 Å². The van der Waals surface area contributed by atoms with E-state index in [1.807, 2.05) is 0 Å². The highest BCUT2D eigenvalue weighted by atomic mass is 14.3. The Balaban J connectivity index is 1.53. The fourth-order valence-corrected chi connectivity index (χ4v) is 4.73. The van der Waals surface area contributed by atoms with E-state index in [0.717, 1.165) is 23.7 Å². The second-order valence-electron chi connectivity index (χ2n) is 8.34. The van der Waals surface area contributed by atoms with E-state index in [4.69, 9.17) is 0 Å². The summed E-state index contributed by atoms with van der Waals surface area (Å²) in [5, 5.41) is 0. The fourth-order valence-electron chi connectivity index (χ4n) is 4.73. The van der Waals surface area contributed by atoms with Crippen LogP contribution in [0.3, 0.4) is 0 Å². The number of rotatable bonds is 9. The molecule has 0 atom stereocenters. The smallest absolute Gasteiger partial charge is 0.0233 e. The SMILES string of the molecule is C=CCC[C@H]1CC[C@H](/C=C/CC[C@H]2CC[C@H](C/C=C\C)CC2)CC1. The molecule has 0 aliphatic heterocycles. The van der Waals surface area contributed by atoms with Gasteiger partial charge in [-0.05, 0) is 101 Å². The molecule has 0 aromatic carbocycles. The van der Waals surface area contributed by atoms with Crippen molar-refractivity contribution in [1.82, 2.24) is 0 Å². The Morgan fingerprint density at radius 3 is 1.96 bits per heavy atom. The van der Waals surface area contributed by atoms with Gasteiger partial charge in [0.1, 0.15) is 0 Å². The summed E-state index contributed by atoms with van der Waals surface area (Å²) in [4.78, 5) is 0. The van der Waals surface area contributed by atoms with E-state index in [-0.39, 0.29) is 0 Å². The van der Waals surface area contributed by atoms with Crippen LogP contribution in [0.1, 0.15) is 90.4 Å². The van der Waals surface area contributed by atoms with E-state index in [1.165, 1.54) is 83.5 Å². The summed E-state index contributed by atoms with van der Waals surface area (Å²) in [6.07, 6.45) is 30.0. The van der Waals surface area contributed by atoms with Crippen LogP contribution in [0.2, 0.25) is 0 Å². The molecule has 0 N–H and O–H groups in total. The van der Waals surface area contributed by atoms with E-state index in [1.54, 1.807) is 0 Å². The van der Waals surface area contributed by atoms with Gasteiger partial charge in [0, 0.05) is 0 Å². The zero-order chi connectivity index (χ0) is 17.0. The van der Waals surface area contributed by atoms with Crippen molar-refractivity contribution in [1.29, 1.82) is 0 Å². The zero-order valence-corrected chi connectivity index (χ0v) is 16.1. The Bertz CT molecular complexity index is 373. The summed E-state index contributed by atoms with van der Waals surface area (Å²) in [6, 6.07) is 0. The topological polar surface area (TPSA) is 0 Å². The molecule has 0 bridgehead atoms. The van der Waals surface area contributed by atoms with Crippen LogP contribution in [-0.2, 0) is 0 Å². The van der Waals surface area contributed by atoms with Crippen LogP contribution in [-0.4, -0.2) is 0 Å². The Hall–Kier alpha value is -0.780. The fraction of sp³-hybridized carbons (Fsp3) is 0.750. The predicted molar refractivity (Wildman–Crippen MR) is 108 cm³/mol. The molecule has 2 aliphatic carbocycles. The van der Waals surface area contributed by atoms with Crippen LogP contribution in [0.4, 0.5) is 0 Å². The lowest BCUT2D eigenvalue weighted by atomic mass is 9.78. The van der Waals surface area contributed by atoms with Gasteiger partial charge in [-0.15, -0.1) is 6.58 Å². The van der Waals surface area contributed by atoms with Gasteiger partial charge in [0.05, 0.1) is 0 Å². The second-order valence-corrected chi connectivity index (χ2v) is 8.34. The molecule has 0 aromatic rings. The molecule has 0 unspecified atom stereocenters. The molecule has 136 valence electrons. The van der Waals surface area contributed by atoms with E-state index in [0.29, 0.717) is 0 Å². The minimum atomic E-state index is 0.876. The molecule has 0 nitrogen and oxygen atoms in total. The molecule has 0 heteroatoms. The third-order valence-corrected chi connectivity index (χ3v) is 6.49. The quantitative estimate of drug-likeness (QED) is 0.378. The maximum Gasteiger partial charge on any atom is -0.0233 e. The first kappa shape index (κ1) is 19.5. The molecule has 0 radical (unpaired) electrons. The van der Waals surface area contributed by atoms with E-state index >= 15 is 0 Å². The van der Waals surface area contributed by atoms with Gasteiger partial charge in [-0.2, -0.15) is 0 Å². The third-order valence-electron chi connectivity index (χ3n) is 6.49.